The molecular formula is C11H18N2O. The molecule has 3 heteroatoms. The molecule has 0 aliphatic rings. The molecule has 78 valence electrons. The second kappa shape index (κ2) is 5.62. The maximum Gasteiger partial charge on any atom is 0.115 e. The third-order valence-corrected chi connectivity index (χ3v) is 1.98. The number of hydrogen-bond donors (Lipinski definition) is 2. The maximum atomic E-state index is 9.22. The highest BCUT2D eigenvalue weighted by Crippen LogP contribution is 2.10. The van der Waals surface area contributed by atoms with E-state index in [1.54, 1.807) is 12.1 Å². The summed E-state index contributed by atoms with van der Waals surface area (Å²) in [4.78, 5) is 2.13. The molecule has 0 unspecified atom stereocenters. The molecule has 0 bridgehead atoms. The highest BCUT2D eigenvalue weighted by molar-refractivity contribution is 5.26. The number of nitrogens with one attached hydrogen (secondary N) is 1. The molecule has 1 aromatic carbocycles. The van der Waals surface area contributed by atoms with Crippen molar-refractivity contribution < 1.29 is 5.11 Å². The van der Waals surface area contributed by atoms with E-state index in [1.807, 2.05) is 12.1 Å². The van der Waals surface area contributed by atoms with E-state index in [-0.39, 0.29) is 0 Å². The summed E-state index contributed by atoms with van der Waals surface area (Å²) in [7, 11) is 4.10. The third-order valence-electron chi connectivity index (χ3n) is 1.98. The average molecular weight is 194 g/mol. The minimum absolute atomic E-state index is 0.330. The van der Waals surface area contributed by atoms with Gasteiger partial charge in [-0.1, -0.05) is 12.1 Å². The number of benzene rings is 1. The van der Waals surface area contributed by atoms with Crippen LogP contribution in [0.4, 0.5) is 0 Å². The smallest absolute Gasteiger partial charge is 0.115 e. The Hall–Kier alpha value is -1.06. The molecule has 2 N–H and O–H groups in total. The molecule has 0 atom stereocenters. The number of hydrogen-bond acceptors (Lipinski definition) is 3. The summed E-state index contributed by atoms with van der Waals surface area (Å²) in [5.74, 6) is 0.330. The molecule has 0 saturated heterocycles. The highest BCUT2D eigenvalue weighted by atomic mass is 16.3. The van der Waals surface area contributed by atoms with Gasteiger partial charge >= 0.3 is 0 Å². The molecule has 0 saturated carbocycles. The molecule has 1 aromatic rings. The second-order valence-corrected chi connectivity index (χ2v) is 3.65. The Kier molecular flexibility index (Phi) is 4.43. The van der Waals surface area contributed by atoms with Gasteiger partial charge in [-0.05, 0) is 31.8 Å². The van der Waals surface area contributed by atoms with Gasteiger partial charge in [0.15, 0.2) is 0 Å². The summed E-state index contributed by atoms with van der Waals surface area (Å²) >= 11 is 0. The zero-order valence-electron chi connectivity index (χ0n) is 8.83. The molecule has 0 spiro atoms. The van der Waals surface area contributed by atoms with Crippen LogP contribution in [0.1, 0.15) is 5.56 Å². The number of phenolic OH excluding ortho intramolecular Hbond substituents is 1. The van der Waals surface area contributed by atoms with E-state index in [4.69, 9.17) is 0 Å². The van der Waals surface area contributed by atoms with Gasteiger partial charge in [0, 0.05) is 19.6 Å². The van der Waals surface area contributed by atoms with Crippen LogP contribution in [0.25, 0.3) is 0 Å². The van der Waals surface area contributed by atoms with Crippen LogP contribution in [0.15, 0.2) is 24.3 Å². The maximum absolute atomic E-state index is 9.22. The second-order valence-electron chi connectivity index (χ2n) is 3.65. The van der Waals surface area contributed by atoms with Gasteiger partial charge in [0.05, 0.1) is 0 Å². The molecule has 0 radical (unpaired) electrons. The Morgan fingerprint density at radius 3 is 2.79 bits per heavy atom. The van der Waals surface area contributed by atoms with Crippen LogP contribution < -0.4 is 5.32 Å². The first-order valence-electron chi connectivity index (χ1n) is 4.82. The quantitative estimate of drug-likeness (QED) is 0.688. The van der Waals surface area contributed by atoms with E-state index in [2.05, 4.69) is 24.3 Å². The Morgan fingerprint density at radius 1 is 1.36 bits per heavy atom. The fourth-order valence-corrected chi connectivity index (χ4v) is 1.20. The van der Waals surface area contributed by atoms with Gasteiger partial charge in [-0.3, -0.25) is 0 Å². The van der Waals surface area contributed by atoms with Crippen LogP contribution in [0.2, 0.25) is 0 Å². The summed E-state index contributed by atoms with van der Waals surface area (Å²) in [6.45, 7) is 2.80. The molecule has 0 fully saturated rings. The van der Waals surface area contributed by atoms with Crippen molar-refractivity contribution in [2.75, 3.05) is 27.2 Å². The summed E-state index contributed by atoms with van der Waals surface area (Å²) in [6.07, 6.45) is 0. The zero-order valence-corrected chi connectivity index (χ0v) is 8.83. The summed E-state index contributed by atoms with van der Waals surface area (Å²) < 4.78 is 0. The molecule has 0 aromatic heterocycles. The van der Waals surface area contributed by atoms with Crippen molar-refractivity contribution in [2.24, 2.45) is 0 Å². The molecule has 1 rings (SSSR count). The topological polar surface area (TPSA) is 35.5 Å². The normalized spacial score (nSPS) is 10.8. The minimum Gasteiger partial charge on any atom is -0.508 e. The van der Waals surface area contributed by atoms with Crippen LogP contribution >= 0.6 is 0 Å². The van der Waals surface area contributed by atoms with Crippen molar-refractivity contribution in [1.29, 1.82) is 0 Å². The first-order valence-corrected chi connectivity index (χ1v) is 4.82. The van der Waals surface area contributed by atoms with Crippen molar-refractivity contribution in [1.82, 2.24) is 10.2 Å². The van der Waals surface area contributed by atoms with Crippen molar-refractivity contribution >= 4 is 0 Å². The minimum atomic E-state index is 0.330. The van der Waals surface area contributed by atoms with Crippen LogP contribution in [0.3, 0.4) is 0 Å². The lowest BCUT2D eigenvalue weighted by atomic mass is 10.2. The van der Waals surface area contributed by atoms with Gasteiger partial charge in [-0.15, -0.1) is 0 Å². The van der Waals surface area contributed by atoms with Crippen LogP contribution in [-0.2, 0) is 6.54 Å². The Labute approximate surface area is 85.4 Å². The van der Waals surface area contributed by atoms with Crippen molar-refractivity contribution in [3.05, 3.63) is 29.8 Å². The van der Waals surface area contributed by atoms with Crippen molar-refractivity contribution in [3.63, 3.8) is 0 Å². The Bertz CT molecular complexity index is 274. The van der Waals surface area contributed by atoms with E-state index in [0.717, 1.165) is 25.2 Å². The van der Waals surface area contributed by atoms with Crippen molar-refractivity contribution in [3.8, 4) is 5.75 Å². The highest BCUT2D eigenvalue weighted by Gasteiger charge is 1.94. The van der Waals surface area contributed by atoms with Gasteiger partial charge in [0.1, 0.15) is 5.75 Å². The molecule has 0 amide bonds. The fourth-order valence-electron chi connectivity index (χ4n) is 1.20. The predicted octanol–water partition coefficient (Wildman–Crippen LogP) is 1.04. The van der Waals surface area contributed by atoms with Gasteiger partial charge < -0.3 is 15.3 Å². The fraction of sp³-hybridized carbons (Fsp3) is 0.455. The first kappa shape index (κ1) is 11.0. The van der Waals surface area contributed by atoms with E-state index in [9.17, 15) is 5.11 Å². The standard InChI is InChI=1S/C11H18N2O/c1-13(2)7-6-12-9-10-4-3-5-11(14)8-10/h3-5,8,12,14H,6-7,9H2,1-2H3. The van der Waals surface area contributed by atoms with E-state index < -0.39 is 0 Å². The lowest BCUT2D eigenvalue weighted by Gasteiger charge is -2.10. The molecule has 0 aliphatic heterocycles. The molecule has 14 heavy (non-hydrogen) atoms. The number of nitrogens with zero attached hydrogens (tertiary/aromatic N) is 1. The lowest BCUT2D eigenvalue weighted by molar-refractivity contribution is 0.399. The van der Waals surface area contributed by atoms with Crippen LogP contribution in [0, 0.1) is 0 Å². The summed E-state index contributed by atoms with van der Waals surface area (Å²) in [5, 5.41) is 12.5. The molecule has 3 nitrogen and oxygen atoms in total. The Balaban J connectivity index is 2.25. The molecule has 0 aliphatic carbocycles. The molecular weight excluding hydrogens is 176 g/mol. The number of rotatable bonds is 5. The largest absolute Gasteiger partial charge is 0.508 e. The third kappa shape index (κ3) is 4.25. The van der Waals surface area contributed by atoms with Gasteiger partial charge in [-0.2, -0.15) is 0 Å². The SMILES string of the molecule is CN(C)CCNCc1cccc(O)c1. The number of aromatic hydroxyl groups is 1. The Morgan fingerprint density at radius 2 is 2.14 bits per heavy atom. The first-order chi connectivity index (χ1) is 6.68. The monoisotopic (exact) mass is 194 g/mol. The molecule has 0 heterocycles. The summed E-state index contributed by atoms with van der Waals surface area (Å²) in [6, 6.07) is 7.33. The predicted molar refractivity (Wildman–Crippen MR) is 58.4 cm³/mol. The number of phenols is 1. The lowest BCUT2D eigenvalue weighted by Crippen LogP contribution is -2.26. The van der Waals surface area contributed by atoms with Gasteiger partial charge in [0.25, 0.3) is 0 Å². The summed E-state index contributed by atoms with van der Waals surface area (Å²) in [5.41, 5.74) is 1.11. The zero-order chi connectivity index (χ0) is 10.4. The van der Waals surface area contributed by atoms with E-state index in [1.165, 1.54) is 0 Å². The van der Waals surface area contributed by atoms with E-state index in [0.29, 0.717) is 5.75 Å². The van der Waals surface area contributed by atoms with Crippen LogP contribution in [0.5, 0.6) is 5.75 Å². The number of likely N-dealkylation sites (N-methyl/N-ethyl adjacent to an activating group) is 1. The van der Waals surface area contributed by atoms with Gasteiger partial charge in [-0.25, -0.2) is 0 Å². The average Bonchev–Trinajstić information content (AvgIpc) is 2.12. The van der Waals surface area contributed by atoms with Crippen LogP contribution in [-0.4, -0.2) is 37.2 Å². The van der Waals surface area contributed by atoms with Crippen molar-refractivity contribution in [2.45, 2.75) is 6.54 Å². The van der Waals surface area contributed by atoms with Gasteiger partial charge in [0.2, 0.25) is 0 Å². The van der Waals surface area contributed by atoms with E-state index >= 15 is 0 Å².